The van der Waals surface area contributed by atoms with E-state index in [0.717, 1.165) is 18.3 Å². The quantitative estimate of drug-likeness (QED) is 0.227. The molecule has 0 N–H and O–H groups in total. The van der Waals surface area contributed by atoms with Crippen LogP contribution in [0.2, 0.25) is 0 Å². The maximum absolute atomic E-state index is 4.34. The molecule has 1 aromatic rings. The van der Waals surface area contributed by atoms with Crippen molar-refractivity contribution in [3.8, 4) is 0 Å². The van der Waals surface area contributed by atoms with Crippen LogP contribution in [0.25, 0.3) is 0 Å². The van der Waals surface area contributed by atoms with Crippen LogP contribution in [0.3, 0.4) is 0 Å². The van der Waals surface area contributed by atoms with Gasteiger partial charge in [-0.15, -0.1) is 0 Å². The summed E-state index contributed by atoms with van der Waals surface area (Å²) in [5.41, 5.74) is 0. The van der Waals surface area contributed by atoms with Gasteiger partial charge in [-0.05, 0) is 58.2 Å². The van der Waals surface area contributed by atoms with Crippen molar-refractivity contribution in [3.63, 3.8) is 0 Å². The van der Waals surface area contributed by atoms with Crippen molar-refractivity contribution in [1.29, 1.82) is 0 Å². The first-order chi connectivity index (χ1) is 14.8. The van der Waals surface area contributed by atoms with Gasteiger partial charge < -0.3 is 9.47 Å². The molecule has 1 fully saturated rings. The third-order valence-corrected chi connectivity index (χ3v) is 7.24. The molecule has 0 saturated carbocycles. The molecule has 0 amide bonds. The molecule has 0 bridgehead atoms. The van der Waals surface area contributed by atoms with Crippen LogP contribution < -0.4 is 0 Å². The van der Waals surface area contributed by atoms with E-state index < -0.39 is 0 Å². The van der Waals surface area contributed by atoms with E-state index in [4.69, 9.17) is 0 Å². The van der Waals surface area contributed by atoms with Crippen molar-refractivity contribution in [3.05, 3.63) is 18.2 Å². The van der Waals surface area contributed by atoms with Crippen molar-refractivity contribution in [2.45, 2.75) is 130 Å². The number of nitrogens with zero attached hydrogens (tertiary/aromatic N) is 3. The number of aromatic nitrogens is 2. The fourth-order valence-corrected chi connectivity index (χ4v) is 4.99. The van der Waals surface area contributed by atoms with Crippen molar-refractivity contribution < 1.29 is 0 Å². The highest BCUT2D eigenvalue weighted by Gasteiger charge is 2.18. The summed E-state index contributed by atoms with van der Waals surface area (Å²) in [6.45, 7) is 9.55. The molecule has 1 aliphatic heterocycles. The average Bonchev–Trinajstić information content (AvgIpc) is 3.18. The van der Waals surface area contributed by atoms with E-state index in [9.17, 15) is 0 Å². The lowest BCUT2D eigenvalue weighted by Crippen LogP contribution is -2.34. The molecule has 0 unspecified atom stereocenters. The number of hydrogen-bond acceptors (Lipinski definition) is 2. The van der Waals surface area contributed by atoms with Gasteiger partial charge in [0.05, 0.1) is 0 Å². The summed E-state index contributed by atoms with van der Waals surface area (Å²) in [7, 11) is 0. The monoisotopic (exact) mass is 417 g/mol. The minimum absolute atomic E-state index is 0.916. The second-order valence-corrected chi connectivity index (χ2v) is 9.84. The van der Waals surface area contributed by atoms with E-state index in [2.05, 4.69) is 34.5 Å². The van der Waals surface area contributed by atoms with Gasteiger partial charge in [-0.25, -0.2) is 4.98 Å². The first-order valence-corrected chi connectivity index (χ1v) is 13.5. The number of likely N-dealkylation sites (tertiary alicyclic amines) is 1. The van der Waals surface area contributed by atoms with E-state index in [-0.39, 0.29) is 0 Å². The molecule has 3 nitrogen and oxygen atoms in total. The Hall–Kier alpha value is -0.830. The topological polar surface area (TPSA) is 21.1 Å². The van der Waals surface area contributed by atoms with E-state index in [1.807, 2.05) is 6.20 Å². The van der Waals surface area contributed by atoms with Crippen molar-refractivity contribution in [1.82, 2.24) is 14.5 Å². The van der Waals surface area contributed by atoms with Crippen LogP contribution in [0.1, 0.15) is 122 Å². The van der Waals surface area contributed by atoms with Gasteiger partial charge in [0.25, 0.3) is 0 Å². The van der Waals surface area contributed by atoms with Crippen LogP contribution in [0.5, 0.6) is 0 Å². The van der Waals surface area contributed by atoms with Crippen molar-refractivity contribution in [2.75, 3.05) is 19.6 Å². The molecule has 0 aromatic carbocycles. The lowest BCUT2D eigenvalue weighted by Gasteiger charge is -2.32. The fraction of sp³-hybridized carbons (Fsp3) is 0.889. The number of unbranched alkanes of at least 4 members (excludes halogenated alkanes) is 13. The second-order valence-electron chi connectivity index (χ2n) is 9.84. The zero-order chi connectivity index (χ0) is 21.3. The Kier molecular flexibility index (Phi) is 14.3. The molecule has 30 heavy (non-hydrogen) atoms. The zero-order valence-corrected chi connectivity index (χ0v) is 20.4. The Morgan fingerprint density at radius 2 is 1.30 bits per heavy atom. The Morgan fingerprint density at radius 3 is 1.80 bits per heavy atom. The fourth-order valence-electron chi connectivity index (χ4n) is 4.99. The summed E-state index contributed by atoms with van der Waals surface area (Å²) in [4.78, 5) is 7.06. The molecule has 3 heteroatoms. The van der Waals surface area contributed by atoms with E-state index in [1.165, 1.54) is 129 Å². The predicted octanol–water partition coefficient (Wildman–Crippen LogP) is 7.77. The number of hydrogen-bond donors (Lipinski definition) is 0. The Bertz CT molecular complexity index is 502. The molecule has 0 spiro atoms. The number of rotatable bonds is 18. The molecule has 1 saturated heterocycles. The van der Waals surface area contributed by atoms with Crippen molar-refractivity contribution in [2.24, 2.45) is 5.92 Å². The lowest BCUT2D eigenvalue weighted by molar-refractivity contribution is 0.173. The first-order valence-electron chi connectivity index (χ1n) is 13.5. The predicted molar refractivity (Wildman–Crippen MR) is 131 cm³/mol. The Labute approximate surface area is 188 Å². The molecule has 2 heterocycles. The normalized spacial score (nSPS) is 15.8. The smallest absolute Gasteiger partial charge is 0.105 e. The summed E-state index contributed by atoms with van der Waals surface area (Å²) in [6, 6.07) is 0. The summed E-state index contributed by atoms with van der Waals surface area (Å²) in [6.07, 6.45) is 28.5. The van der Waals surface area contributed by atoms with Gasteiger partial charge in [0.1, 0.15) is 5.82 Å². The lowest BCUT2D eigenvalue weighted by atomic mass is 9.93. The maximum Gasteiger partial charge on any atom is 0.105 e. The van der Waals surface area contributed by atoms with Gasteiger partial charge in [-0.1, -0.05) is 90.4 Å². The molecule has 2 rings (SSSR count). The minimum Gasteiger partial charge on any atom is -0.335 e. The molecule has 174 valence electrons. The van der Waals surface area contributed by atoms with E-state index in [0.29, 0.717) is 0 Å². The third kappa shape index (κ3) is 11.5. The Morgan fingerprint density at radius 1 is 0.767 bits per heavy atom. The zero-order valence-electron chi connectivity index (χ0n) is 20.4. The van der Waals surface area contributed by atoms with Gasteiger partial charge in [0.2, 0.25) is 0 Å². The largest absolute Gasteiger partial charge is 0.335 e. The maximum atomic E-state index is 4.34. The highest BCUT2D eigenvalue weighted by Crippen LogP contribution is 2.22. The van der Waals surface area contributed by atoms with Crippen LogP contribution in [0, 0.1) is 12.8 Å². The molecular weight excluding hydrogens is 366 g/mol. The van der Waals surface area contributed by atoms with Crippen LogP contribution in [0.4, 0.5) is 0 Å². The number of imidazole rings is 1. The molecule has 1 aromatic heterocycles. The van der Waals surface area contributed by atoms with Crippen LogP contribution in [-0.2, 0) is 6.54 Å². The van der Waals surface area contributed by atoms with E-state index in [1.54, 1.807) is 0 Å². The van der Waals surface area contributed by atoms with Crippen LogP contribution >= 0.6 is 0 Å². The van der Waals surface area contributed by atoms with Gasteiger partial charge in [0, 0.05) is 18.9 Å². The Balaban J connectivity index is 1.32. The first kappa shape index (κ1) is 25.4. The molecule has 0 aliphatic carbocycles. The standard InChI is InChI=1S/C27H51N3/c1-3-4-5-6-7-8-9-10-11-12-13-14-15-16-21-29-22-17-27(18-23-29)19-24-30-25-20-28-26(30)2/h20,25,27H,3-19,21-24H2,1-2H3. The van der Waals surface area contributed by atoms with Gasteiger partial charge in [-0.3, -0.25) is 0 Å². The van der Waals surface area contributed by atoms with Gasteiger partial charge in [-0.2, -0.15) is 0 Å². The highest BCUT2D eigenvalue weighted by atomic mass is 15.1. The second kappa shape index (κ2) is 16.8. The highest BCUT2D eigenvalue weighted by molar-refractivity contribution is 4.88. The molecular formula is C27H51N3. The molecule has 0 radical (unpaired) electrons. The third-order valence-electron chi connectivity index (χ3n) is 7.24. The van der Waals surface area contributed by atoms with Crippen LogP contribution in [-0.4, -0.2) is 34.1 Å². The number of aryl methyl sites for hydroxylation is 2. The van der Waals surface area contributed by atoms with Crippen molar-refractivity contribution >= 4 is 0 Å². The molecule has 1 aliphatic rings. The van der Waals surface area contributed by atoms with Gasteiger partial charge in [0.15, 0.2) is 0 Å². The summed E-state index contributed by atoms with van der Waals surface area (Å²) in [5.74, 6) is 2.07. The SMILES string of the molecule is CCCCCCCCCCCCCCCCN1CCC(CCn2ccnc2C)CC1. The van der Waals surface area contributed by atoms with Crippen LogP contribution in [0.15, 0.2) is 12.4 Å². The summed E-state index contributed by atoms with van der Waals surface area (Å²) >= 11 is 0. The number of piperidine rings is 1. The summed E-state index contributed by atoms with van der Waals surface area (Å²) in [5, 5.41) is 0. The van der Waals surface area contributed by atoms with Gasteiger partial charge >= 0.3 is 0 Å². The van der Waals surface area contributed by atoms with E-state index >= 15 is 0 Å². The molecule has 0 atom stereocenters. The minimum atomic E-state index is 0.916. The summed E-state index contributed by atoms with van der Waals surface area (Å²) < 4.78 is 2.31. The average molecular weight is 418 g/mol.